The summed E-state index contributed by atoms with van der Waals surface area (Å²) in [6.07, 6.45) is 1.35. The first kappa shape index (κ1) is 9.39. The van der Waals surface area contributed by atoms with Gasteiger partial charge in [-0.2, -0.15) is 0 Å². The third-order valence-corrected chi connectivity index (χ3v) is 1.21. The Labute approximate surface area is 59.9 Å². The number of nitrogens with one attached hydrogen (secondary N) is 1. The summed E-state index contributed by atoms with van der Waals surface area (Å²) in [5.74, 6) is -0.907. The van der Waals surface area contributed by atoms with Gasteiger partial charge in [0.1, 0.15) is 6.04 Å². The molecule has 10 heavy (non-hydrogen) atoms. The lowest BCUT2D eigenvalue weighted by Crippen LogP contribution is -2.36. The van der Waals surface area contributed by atoms with Gasteiger partial charge in [0.15, 0.2) is 0 Å². The molecule has 0 saturated heterocycles. The van der Waals surface area contributed by atoms with Gasteiger partial charge in [0.25, 0.3) is 0 Å². The molecule has 0 aromatic carbocycles. The van der Waals surface area contributed by atoms with Crippen molar-refractivity contribution < 1.29 is 15.0 Å². The van der Waals surface area contributed by atoms with Crippen molar-refractivity contribution in [2.45, 2.75) is 25.8 Å². The van der Waals surface area contributed by atoms with Crippen molar-refractivity contribution in [1.82, 2.24) is 5.32 Å². The Kier molecular flexibility index (Phi) is 4.88. The van der Waals surface area contributed by atoms with E-state index in [1.165, 1.54) is 0 Å². The number of carboxylic acid groups (broad SMARTS) is 1. The minimum Gasteiger partial charge on any atom is -0.480 e. The van der Waals surface area contributed by atoms with E-state index in [1.807, 2.05) is 6.92 Å². The van der Waals surface area contributed by atoms with Crippen LogP contribution in [0.2, 0.25) is 0 Å². The van der Waals surface area contributed by atoms with Gasteiger partial charge in [-0.15, -0.1) is 0 Å². The lowest BCUT2D eigenvalue weighted by molar-refractivity contribution is -0.140. The van der Waals surface area contributed by atoms with Crippen molar-refractivity contribution in [1.29, 1.82) is 0 Å². The van der Waals surface area contributed by atoms with E-state index in [4.69, 9.17) is 10.2 Å². The van der Waals surface area contributed by atoms with Crippen LogP contribution in [0.1, 0.15) is 19.8 Å². The lowest BCUT2D eigenvalue weighted by atomic mass is 10.2. The molecule has 0 aliphatic heterocycles. The zero-order valence-corrected chi connectivity index (χ0v) is 6.00. The summed E-state index contributed by atoms with van der Waals surface area (Å²) in [5.41, 5.74) is 0. The summed E-state index contributed by atoms with van der Waals surface area (Å²) in [7, 11) is 0. The number of carbonyl (C=O) groups is 1. The van der Waals surface area contributed by atoms with Crippen molar-refractivity contribution in [2.24, 2.45) is 0 Å². The Balaban J connectivity index is 3.61. The quantitative estimate of drug-likeness (QED) is 0.470. The van der Waals surface area contributed by atoms with Crippen LogP contribution in [0.15, 0.2) is 0 Å². The lowest BCUT2D eigenvalue weighted by Gasteiger charge is -2.09. The molecule has 0 aromatic heterocycles. The number of rotatable bonds is 5. The smallest absolute Gasteiger partial charge is 0.320 e. The highest BCUT2D eigenvalue weighted by Gasteiger charge is 2.13. The predicted molar refractivity (Wildman–Crippen MR) is 36.6 cm³/mol. The second kappa shape index (κ2) is 5.20. The van der Waals surface area contributed by atoms with Gasteiger partial charge >= 0.3 is 5.97 Å². The van der Waals surface area contributed by atoms with Crippen LogP contribution in [0.4, 0.5) is 0 Å². The maximum absolute atomic E-state index is 10.3. The van der Waals surface area contributed by atoms with Crippen molar-refractivity contribution in [3.63, 3.8) is 0 Å². The summed E-state index contributed by atoms with van der Waals surface area (Å²) in [4.78, 5) is 10.3. The van der Waals surface area contributed by atoms with Gasteiger partial charge in [-0.05, 0) is 6.42 Å². The SMILES string of the molecule is CCC[C@H](NCO)C(=O)O. The normalized spacial score (nSPS) is 13.0. The van der Waals surface area contributed by atoms with Crippen LogP contribution in [-0.4, -0.2) is 29.0 Å². The minimum absolute atomic E-state index is 0.281. The summed E-state index contributed by atoms with van der Waals surface area (Å²) in [5, 5.41) is 19.2. The molecular weight excluding hydrogens is 134 g/mol. The zero-order valence-electron chi connectivity index (χ0n) is 6.00. The third kappa shape index (κ3) is 3.42. The maximum Gasteiger partial charge on any atom is 0.320 e. The van der Waals surface area contributed by atoms with Gasteiger partial charge in [-0.1, -0.05) is 13.3 Å². The Morgan fingerprint density at radius 1 is 1.70 bits per heavy atom. The molecule has 0 unspecified atom stereocenters. The van der Waals surface area contributed by atoms with Crippen molar-refractivity contribution >= 4 is 5.97 Å². The van der Waals surface area contributed by atoms with E-state index in [1.54, 1.807) is 0 Å². The summed E-state index contributed by atoms with van der Waals surface area (Å²) < 4.78 is 0. The Hall–Kier alpha value is -0.610. The van der Waals surface area contributed by atoms with E-state index >= 15 is 0 Å². The molecule has 3 N–H and O–H groups in total. The second-order valence-corrected chi connectivity index (χ2v) is 2.04. The molecule has 0 heterocycles. The molecule has 0 aromatic rings. The van der Waals surface area contributed by atoms with E-state index in [0.717, 1.165) is 6.42 Å². The highest BCUT2D eigenvalue weighted by atomic mass is 16.4. The van der Waals surface area contributed by atoms with Gasteiger partial charge in [0, 0.05) is 0 Å². The molecule has 4 nitrogen and oxygen atoms in total. The Morgan fingerprint density at radius 2 is 2.30 bits per heavy atom. The standard InChI is InChI=1S/C6H13NO3/c1-2-3-5(6(9)10)7-4-8/h5,7-8H,2-4H2,1H3,(H,9,10)/t5-/m0/s1. The molecular formula is C6H13NO3. The number of carboxylic acids is 1. The summed E-state index contributed by atoms with van der Waals surface area (Å²) in [6, 6.07) is -0.602. The van der Waals surface area contributed by atoms with E-state index in [9.17, 15) is 4.79 Å². The molecule has 0 bridgehead atoms. The van der Waals surface area contributed by atoms with Gasteiger partial charge in [-0.25, -0.2) is 0 Å². The first-order valence-corrected chi connectivity index (χ1v) is 3.29. The fourth-order valence-corrected chi connectivity index (χ4v) is 0.712. The molecule has 1 atom stereocenters. The Morgan fingerprint density at radius 3 is 2.60 bits per heavy atom. The highest BCUT2D eigenvalue weighted by molar-refractivity contribution is 5.73. The third-order valence-electron chi connectivity index (χ3n) is 1.21. The van der Waals surface area contributed by atoms with E-state index < -0.39 is 12.0 Å². The largest absolute Gasteiger partial charge is 0.480 e. The predicted octanol–water partition coefficient (Wildman–Crippen LogP) is -0.221. The topological polar surface area (TPSA) is 69.6 Å². The minimum atomic E-state index is -0.907. The van der Waals surface area contributed by atoms with Crippen LogP contribution >= 0.6 is 0 Å². The molecule has 0 radical (unpaired) electrons. The summed E-state index contributed by atoms with van der Waals surface area (Å²) in [6.45, 7) is 1.62. The van der Waals surface area contributed by atoms with E-state index in [0.29, 0.717) is 6.42 Å². The van der Waals surface area contributed by atoms with Crippen LogP contribution in [0.5, 0.6) is 0 Å². The number of hydrogen-bond donors (Lipinski definition) is 3. The number of aliphatic carboxylic acids is 1. The zero-order chi connectivity index (χ0) is 7.98. The number of hydrogen-bond acceptors (Lipinski definition) is 3. The van der Waals surface area contributed by atoms with Gasteiger partial charge in [0.2, 0.25) is 0 Å². The van der Waals surface area contributed by atoms with E-state index in [2.05, 4.69) is 5.32 Å². The first-order chi connectivity index (χ1) is 4.72. The van der Waals surface area contributed by atoms with Crippen LogP contribution in [-0.2, 0) is 4.79 Å². The number of aliphatic hydroxyl groups excluding tert-OH is 1. The molecule has 60 valence electrons. The molecule has 4 heteroatoms. The monoisotopic (exact) mass is 147 g/mol. The molecule has 0 saturated carbocycles. The van der Waals surface area contributed by atoms with Crippen molar-refractivity contribution in [3.8, 4) is 0 Å². The van der Waals surface area contributed by atoms with Crippen molar-refractivity contribution in [3.05, 3.63) is 0 Å². The Bertz CT molecular complexity index is 99.2. The molecule has 0 aliphatic rings. The van der Waals surface area contributed by atoms with Gasteiger partial charge in [-0.3, -0.25) is 10.1 Å². The van der Waals surface area contributed by atoms with E-state index in [-0.39, 0.29) is 6.73 Å². The van der Waals surface area contributed by atoms with Crippen LogP contribution in [0.25, 0.3) is 0 Å². The molecule has 0 aliphatic carbocycles. The fraction of sp³-hybridized carbons (Fsp3) is 0.833. The van der Waals surface area contributed by atoms with Crippen LogP contribution in [0.3, 0.4) is 0 Å². The molecule has 0 rings (SSSR count). The average molecular weight is 147 g/mol. The molecule has 0 amide bonds. The van der Waals surface area contributed by atoms with Crippen molar-refractivity contribution in [2.75, 3.05) is 6.73 Å². The molecule has 0 fully saturated rings. The van der Waals surface area contributed by atoms with Crippen LogP contribution < -0.4 is 5.32 Å². The average Bonchev–Trinajstić information content (AvgIpc) is 1.87. The first-order valence-electron chi connectivity index (χ1n) is 3.29. The number of aliphatic hydroxyl groups is 1. The second-order valence-electron chi connectivity index (χ2n) is 2.04. The van der Waals surface area contributed by atoms with Gasteiger partial charge in [0.05, 0.1) is 6.73 Å². The maximum atomic E-state index is 10.3. The van der Waals surface area contributed by atoms with Crippen LogP contribution in [0, 0.1) is 0 Å². The molecule has 0 spiro atoms. The summed E-state index contributed by atoms with van der Waals surface area (Å²) >= 11 is 0. The fourth-order valence-electron chi connectivity index (χ4n) is 0.712. The van der Waals surface area contributed by atoms with Gasteiger partial charge < -0.3 is 10.2 Å². The highest BCUT2D eigenvalue weighted by Crippen LogP contribution is 1.95.